The second-order valence-corrected chi connectivity index (χ2v) is 12.7. The molecular formula is C31H59N9O16S. The molecule has 3 heterocycles. The summed E-state index contributed by atoms with van der Waals surface area (Å²) in [5, 5.41) is 50.0. The van der Waals surface area contributed by atoms with Gasteiger partial charge in [0.15, 0.2) is 0 Å². The summed E-state index contributed by atoms with van der Waals surface area (Å²) in [6, 6.07) is -2.94. The third-order valence-electron chi connectivity index (χ3n) is 7.11. The van der Waals surface area contributed by atoms with E-state index in [9.17, 15) is 43.2 Å². The van der Waals surface area contributed by atoms with E-state index in [2.05, 4.69) is 26.4 Å². The number of carbonyl (C=O) groups excluding carboxylic acids is 4. The van der Waals surface area contributed by atoms with Gasteiger partial charge in [-0.05, 0) is 76.6 Å². The molecule has 3 aliphatic rings. The number of ether oxygens (including phenoxy) is 2. The number of carboxylic acid groups (broad SMARTS) is 5. The zero-order chi connectivity index (χ0) is 44.5. The first-order valence-electron chi connectivity index (χ1n) is 17.3. The van der Waals surface area contributed by atoms with Crippen LogP contribution in [0.2, 0.25) is 0 Å². The molecule has 57 heavy (non-hydrogen) atoms. The van der Waals surface area contributed by atoms with Gasteiger partial charge in [0.05, 0.1) is 19.6 Å². The summed E-state index contributed by atoms with van der Waals surface area (Å²) in [5.41, 5.74) is 29.2. The molecule has 1 unspecified atom stereocenters. The van der Waals surface area contributed by atoms with Crippen LogP contribution in [0.3, 0.4) is 0 Å². The molecule has 25 nitrogen and oxygen atoms in total. The van der Waals surface area contributed by atoms with E-state index in [1.807, 2.05) is 6.26 Å². The van der Waals surface area contributed by atoms with Crippen LogP contribution in [-0.4, -0.2) is 167 Å². The first-order chi connectivity index (χ1) is 26.7. The first-order valence-corrected chi connectivity index (χ1v) is 18.7. The molecular weight excluding hydrogens is 786 g/mol. The molecule has 3 saturated heterocycles. The normalized spacial score (nSPS) is 19.8. The van der Waals surface area contributed by atoms with Crippen LogP contribution in [0.4, 0.5) is 0 Å². The van der Waals surface area contributed by atoms with Crippen molar-refractivity contribution >= 4 is 65.4 Å². The standard InChI is InChI=1S/C10H16N2O4.C5H10N2O3.C5H11NO2S.C5H9NO2.C4H8N2O3.C2H5NO2/c13-9(14)8-7(3-5-12-8)16-10(15)6-2-1-4-11-6;6-3(5(9)10)1-2-4(7)8;1-9-3-2-4(6)5(7)8;7-5(8)4-2-1-3-6-4;5-1-3(7)9-4(8)2-6;3-1-2(4)5/h6-8,11-12H,1-5H2,(H,13,14);3H,1-2,6H2,(H2,7,8)(H,9,10);4H,2-3,6H2,1H3,(H,7,8);4,6H,1-3H2,(H,7,8);1-2,5-6H2;1,3H2,(H,4,5)/t6-,7?,8-;3-;2*4-;;/m0000../s1. The number of nitrogens with one attached hydrogen (secondary N) is 3. The van der Waals surface area contributed by atoms with Crippen LogP contribution in [0.5, 0.6) is 0 Å². The average Bonchev–Trinajstić information content (AvgIpc) is 3.98. The van der Waals surface area contributed by atoms with Crippen LogP contribution in [0.15, 0.2) is 0 Å². The molecule has 0 aliphatic carbocycles. The van der Waals surface area contributed by atoms with Gasteiger partial charge in [0.25, 0.3) is 0 Å². The Bertz CT molecular complexity index is 1240. The minimum absolute atomic E-state index is 0.0213. The molecule has 0 bridgehead atoms. The van der Waals surface area contributed by atoms with Crippen LogP contribution in [-0.2, 0) is 52.6 Å². The van der Waals surface area contributed by atoms with Gasteiger partial charge in [-0.15, -0.1) is 0 Å². The van der Waals surface area contributed by atoms with Crippen molar-refractivity contribution in [2.24, 2.45) is 34.4 Å². The van der Waals surface area contributed by atoms with Crippen LogP contribution in [0, 0.1) is 0 Å². The average molecular weight is 846 g/mol. The van der Waals surface area contributed by atoms with E-state index in [1.165, 1.54) is 0 Å². The SMILES string of the molecule is CSCC[C@H](N)C(=O)O.NC(=O)CC[C@H](N)C(=O)O.NCC(=O)O.NCC(=O)OC(=O)CN.O=C(O)[C@@H]1CCCN1.O=C(OC1CCN[C@@H]1C(=O)O)[C@@H]1CCCN1. The molecule has 6 atom stereocenters. The molecule has 0 saturated carbocycles. The van der Waals surface area contributed by atoms with Crippen molar-refractivity contribution in [1.82, 2.24) is 16.0 Å². The fraction of sp³-hybridized carbons (Fsp3) is 0.710. The summed E-state index contributed by atoms with van der Waals surface area (Å²) in [6.07, 6.45) is 6.15. The lowest BCUT2D eigenvalue weighted by molar-refractivity contribution is -0.158. The van der Waals surface area contributed by atoms with Crippen LogP contribution in [0.25, 0.3) is 0 Å². The van der Waals surface area contributed by atoms with Crippen molar-refractivity contribution < 1.29 is 78.2 Å². The highest BCUT2D eigenvalue weighted by Crippen LogP contribution is 2.15. The lowest BCUT2D eigenvalue weighted by Crippen LogP contribution is -2.43. The monoisotopic (exact) mass is 845 g/mol. The van der Waals surface area contributed by atoms with E-state index in [0.717, 1.165) is 44.5 Å². The molecule has 3 rings (SSSR count). The number of carboxylic acids is 5. The summed E-state index contributed by atoms with van der Waals surface area (Å²) in [7, 11) is 0. The summed E-state index contributed by atoms with van der Waals surface area (Å²) in [4.78, 5) is 92.4. The quantitative estimate of drug-likeness (QED) is 0.0541. The number of hydrogen-bond acceptors (Lipinski definition) is 20. The summed E-state index contributed by atoms with van der Waals surface area (Å²) in [6.45, 7) is 1.38. The van der Waals surface area contributed by atoms with Gasteiger partial charge in [-0.25, -0.2) is 0 Å². The number of aliphatic carboxylic acids is 5. The maximum Gasteiger partial charge on any atom is 0.327 e. The van der Waals surface area contributed by atoms with E-state index in [4.69, 9.17) is 58.9 Å². The van der Waals surface area contributed by atoms with E-state index in [1.54, 1.807) is 11.8 Å². The highest BCUT2D eigenvalue weighted by atomic mass is 32.2. The van der Waals surface area contributed by atoms with Gasteiger partial charge in [-0.3, -0.25) is 43.2 Å². The Morgan fingerprint density at radius 1 is 0.684 bits per heavy atom. The van der Waals surface area contributed by atoms with Gasteiger partial charge >= 0.3 is 47.8 Å². The van der Waals surface area contributed by atoms with Crippen LogP contribution >= 0.6 is 11.8 Å². The summed E-state index contributed by atoms with van der Waals surface area (Å²) in [5.74, 6) is -6.23. The Balaban J connectivity index is -0.000000637. The van der Waals surface area contributed by atoms with E-state index >= 15 is 0 Å². The van der Waals surface area contributed by atoms with E-state index in [-0.39, 0.29) is 50.5 Å². The van der Waals surface area contributed by atoms with E-state index in [0.29, 0.717) is 19.4 Å². The molecule has 0 aromatic heterocycles. The Morgan fingerprint density at radius 3 is 1.49 bits per heavy atom. The largest absolute Gasteiger partial charge is 0.480 e. The number of thioether (sulfide) groups is 1. The van der Waals surface area contributed by atoms with Gasteiger partial charge in [-0.2, -0.15) is 11.8 Å². The zero-order valence-corrected chi connectivity index (χ0v) is 32.5. The number of rotatable bonds is 15. The van der Waals surface area contributed by atoms with Gasteiger partial charge in [-0.1, -0.05) is 0 Å². The third-order valence-corrected chi connectivity index (χ3v) is 7.75. The smallest absolute Gasteiger partial charge is 0.327 e. The molecule has 3 aliphatic heterocycles. The first kappa shape index (κ1) is 56.8. The molecule has 0 radical (unpaired) electrons. The lowest BCUT2D eigenvalue weighted by Gasteiger charge is -2.18. The third kappa shape index (κ3) is 32.3. The molecule has 3 fully saturated rings. The van der Waals surface area contributed by atoms with Crippen molar-refractivity contribution in [3.05, 3.63) is 0 Å². The number of carbonyl (C=O) groups is 9. The van der Waals surface area contributed by atoms with E-state index < -0.39 is 71.9 Å². The van der Waals surface area contributed by atoms with Gasteiger partial charge in [0, 0.05) is 6.42 Å². The summed E-state index contributed by atoms with van der Waals surface area (Å²) < 4.78 is 9.25. The summed E-state index contributed by atoms with van der Waals surface area (Å²) >= 11 is 1.60. The van der Waals surface area contributed by atoms with Crippen molar-refractivity contribution in [1.29, 1.82) is 0 Å². The highest BCUT2D eigenvalue weighted by molar-refractivity contribution is 7.98. The molecule has 1 amide bonds. The fourth-order valence-corrected chi connectivity index (χ4v) is 4.55. The topological polar surface area (TPSA) is 465 Å². The van der Waals surface area contributed by atoms with Gasteiger partial charge in [0.2, 0.25) is 5.91 Å². The Labute approximate surface area is 332 Å². The molecule has 0 aromatic carbocycles. The maximum atomic E-state index is 11.7. The van der Waals surface area contributed by atoms with Crippen molar-refractivity contribution in [2.45, 2.75) is 87.7 Å². The maximum absolute atomic E-state index is 11.7. The predicted octanol–water partition coefficient (Wildman–Crippen LogP) is -5.26. The fourth-order valence-electron chi connectivity index (χ4n) is 4.06. The van der Waals surface area contributed by atoms with Crippen LogP contribution < -0.4 is 50.4 Å². The molecule has 330 valence electrons. The van der Waals surface area contributed by atoms with Crippen molar-refractivity contribution in [2.75, 3.05) is 51.3 Å². The Kier molecular flexibility index (Phi) is 34.6. The second kappa shape index (κ2) is 34.7. The second-order valence-electron chi connectivity index (χ2n) is 11.7. The minimum atomic E-state index is -1.11. The number of hydrogen-bond donors (Lipinski definition) is 14. The van der Waals surface area contributed by atoms with Crippen LogP contribution in [0.1, 0.15) is 51.4 Å². The zero-order valence-electron chi connectivity index (χ0n) is 31.7. The number of esters is 3. The van der Waals surface area contributed by atoms with Crippen molar-refractivity contribution in [3.8, 4) is 0 Å². The predicted molar refractivity (Wildman–Crippen MR) is 202 cm³/mol. The lowest BCUT2D eigenvalue weighted by atomic mass is 10.1. The molecule has 26 heteroatoms. The Morgan fingerprint density at radius 2 is 1.16 bits per heavy atom. The number of amides is 1. The van der Waals surface area contributed by atoms with Gasteiger partial charge in [0.1, 0.15) is 36.3 Å². The number of primary amides is 1. The molecule has 20 N–H and O–H groups in total. The Hall–Kier alpha value is -4.54. The molecule has 0 spiro atoms. The van der Waals surface area contributed by atoms with Crippen molar-refractivity contribution in [3.63, 3.8) is 0 Å². The van der Waals surface area contributed by atoms with Gasteiger partial charge < -0.3 is 85.4 Å². The minimum Gasteiger partial charge on any atom is -0.480 e. The highest BCUT2D eigenvalue weighted by Gasteiger charge is 2.37. The number of nitrogens with two attached hydrogens (primary N) is 6. The molecule has 0 aromatic rings.